The van der Waals surface area contributed by atoms with E-state index < -0.39 is 0 Å². The molecule has 3 nitrogen and oxygen atoms in total. The molecule has 0 aliphatic carbocycles. The van der Waals surface area contributed by atoms with Crippen molar-refractivity contribution in [3.63, 3.8) is 0 Å². The number of carbonyl (C=O) groups excluding carboxylic acids is 1. The Morgan fingerprint density at radius 3 is 2.57 bits per heavy atom. The largest absolute Gasteiger partial charge is 0.465 e. The van der Waals surface area contributed by atoms with Crippen molar-refractivity contribution in [1.82, 2.24) is 4.57 Å². The van der Waals surface area contributed by atoms with E-state index >= 15 is 0 Å². The zero-order valence-electron chi connectivity index (χ0n) is 11.5. The lowest BCUT2D eigenvalue weighted by Crippen LogP contribution is -2.02. The van der Waals surface area contributed by atoms with Crippen LogP contribution in [0.3, 0.4) is 0 Å². The van der Waals surface area contributed by atoms with Crippen molar-refractivity contribution in [2.45, 2.75) is 6.54 Å². The van der Waals surface area contributed by atoms with Gasteiger partial charge in [-0.3, -0.25) is 0 Å². The monoisotopic (exact) mass is 299 g/mol. The molecule has 0 aliphatic heterocycles. The summed E-state index contributed by atoms with van der Waals surface area (Å²) in [6, 6.07) is 15.4. The maximum Gasteiger partial charge on any atom is 0.337 e. The van der Waals surface area contributed by atoms with E-state index in [0.29, 0.717) is 12.1 Å². The number of fused-ring (bicyclic) bond motifs is 1. The van der Waals surface area contributed by atoms with Gasteiger partial charge in [0.05, 0.1) is 17.7 Å². The van der Waals surface area contributed by atoms with Crippen molar-refractivity contribution >= 4 is 28.5 Å². The van der Waals surface area contributed by atoms with Crippen LogP contribution in [0.5, 0.6) is 0 Å². The Kier molecular flexibility index (Phi) is 3.67. The van der Waals surface area contributed by atoms with Gasteiger partial charge in [0, 0.05) is 23.6 Å². The molecule has 0 amide bonds. The average molecular weight is 300 g/mol. The van der Waals surface area contributed by atoms with E-state index in [0.717, 1.165) is 21.5 Å². The van der Waals surface area contributed by atoms with Gasteiger partial charge in [0.2, 0.25) is 0 Å². The van der Waals surface area contributed by atoms with Crippen molar-refractivity contribution in [2.75, 3.05) is 7.11 Å². The van der Waals surface area contributed by atoms with Crippen LogP contribution >= 0.6 is 11.6 Å². The minimum absolute atomic E-state index is 0.323. The van der Waals surface area contributed by atoms with Crippen molar-refractivity contribution in [3.05, 3.63) is 70.9 Å². The van der Waals surface area contributed by atoms with Crippen LogP contribution in [0.15, 0.2) is 54.7 Å². The van der Waals surface area contributed by atoms with Gasteiger partial charge in [-0.05, 0) is 23.8 Å². The molecule has 1 aromatic heterocycles. The van der Waals surface area contributed by atoms with E-state index in [1.165, 1.54) is 7.11 Å². The summed E-state index contributed by atoms with van der Waals surface area (Å²) in [5.41, 5.74) is 2.75. The number of carbonyl (C=O) groups is 1. The molecule has 0 spiro atoms. The van der Waals surface area contributed by atoms with Gasteiger partial charge in [-0.1, -0.05) is 41.9 Å². The first kappa shape index (κ1) is 13.7. The molecule has 0 fully saturated rings. The SMILES string of the molecule is COC(=O)c1ccc(Cn2cc(Cl)c3ccccc32)cc1. The lowest BCUT2D eigenvalue weighted by molar-refractivity contribution is 0.0600. The predicted octanol–water partition coefficient (Wildman–Crippen LogP) is 4.13. The first-order valence-corrected chi connectivity index (χ1v) is 6.97. The molecular weight excluding hydrogens is 286 g/mol. The standard InChI is InChI=1S/C17H14ClNO2/c1-21-17(20)13-8-6-12(7-9-13)10-19-11-15(18)14-4-2-3-5-16(14)19/h2-9,11H,10H2,1H3. The Hall–Kier alpha value is -2.26. The number of benzene rings is 2. The number of para-hydroxylation sites is 1. The highest BCUT2D eigenvalue weighted by Gasteiger charge is 2.08. The molecule has 4 heteroatoms. The Balaban J connectivity index is 1.90. The van der Waals surface area contributed by atoms with E-state index in [4.69, 9.17) is 16.3 Å². The molecular formula is C17H14ClNO2. The number of methoxy groups -OCH3 is 1. The van der Waals surface area contributed by atoms with Crippen LogP contribution in [-0.4, -0.2) is 17.6 Å². The summed E-state index contributed by atoms with van der Waals surface area (Å²) in [7, 11) is 1.38. The van der Waals surface area contributed by atoms with Crippen LogP contribution in [0.1, 0.15) is 15.9 Å². The van der Waals surface area contributed by atoms with Gasteiger partial charge in [0.1, 0.15) is 0 Å². The van der Waals surface area contributed by atoms with E-state index in [-0.39, 0.29) is 5.97 Å². The fraction of sp³-hybridized carbons (Fsp3) is 0.118. The van der Waals surface area contributed by atoms with E-state index in [9.17, 15) is 4.79 Å². The van der Waals surface area contributed by atoms with Crippen molar-refractivity contribution in [1.29, 1.82) is 0 Å². The van der Waals surface area contributed by atoms with E-state index in [1.54, 1.807) is 12.1 Å². The first-order chi connectivity index (χ1) is 10.2. The summed E-state index contributed by atoms with van der Waals surface area (Å²) in [4.78, 5) is 11.4. The van der Waals surface area contributed by atoms with Crippen LogP contribution in [0.2, 0.25) is 5.02 Å². The van der Waals surface area contributed by atoms with Crippen molar-refractivity contribution < 1.29 is 9.53 Å². The summed E-state index contributed by atoms with van der Waals surface area (Å²) in [6.07, 6.45) is 1.93. The van der Waals surface area contributed by atoms with Gasteiger partial charge < -0.3 is 9.30 Å². The highest BCUT2D eigenvalue weighted by molar-refractivity contribution is 6.35. The molecule has 0 N–H and O–H groups in total. The number of nitrogens with zero attached hydrogens (tertiary/aromatic N) is 1. The maximum atomic E-state index is 11.4. The second kappa shape index (κ2) is 5.62. The molecule has 21 heavy (non-hydrogen) atoms. The zero-order chi connectivity index (χ0) is 14.8. The molecule has 2 aromatic carbocycles. The molecule has 0 saturated carbocycles. The third-order valence-corrected chi connectivity index (χ3v) is 3.77. The molecule has 0 bridgehead atoms. The number of ether oxygens (including phenoxy) is 1. The third kappa shape index (κ3) is 2.65. The third-order valence-electron chi connectivity index (χ3n) is 3.47. The summed E-state index contributed by atoms with van der Waals surface area (Å²) in [5.74, 6) is -0.323. The van der Waals surface area contributed by atoms with Crippen LogP contribution in [0, 0.1) is 0 Å². The minimum Gasteiger partial charge on any atom is -0.465 e. The minimum atomic E-state index is -0.323. The first-order valence-electron chi connectivity index (χ1n) is 6.59. The van der Waals surface area contributed by atoms with Gasteiger partial charge in [0.15, 0.2) is 0 Å². The second-order valence-corrected chi connectivity index (χ2v) is 5.22. The quantitative estimate of drug-likeness (QED) is 0.681. The van der Waals surface area contributed by atoms with Gasteiger partial charge in [-0.25, -0.2) is 4.79 Å². The molecule has 106 valence electrons. The lowest BCUT2D eigenvalue weighted by atomic mass is 10.1. The highest BCUT2D eigenvalue weighted by Crippen LogP contribution is 2.26. The Morgan fingerprint density at radius 2 is 1.86 bits per heavy atom. The second-order valence-electron chi connectivity index (χ2n) is 4.81. The molecule has 0 radical (unpaired) electrons. The Bertz CT molecular complexity index is 790. The number of halogens is 1. The van der Waals surface area contributed by atoms with Crippen LogP contribution in [0.25, 0.3) is 10.9 Å². The summed E-state index contributed by atoms with van der Waals surface area (Å²) in [5, 5.41) is 1.79. The molecule has 0 saturated heterocycles. The number of esters is 1. The molecule has 3 rings (SSSR count). The fourth-order valence-corrected chi connectivity index (χ4v) is 2.67. The average Bonchev–Trinajstić information content (AvgIpc) is 2.84. The lowest BCUT2D eigenvalue weighted by Gasteiger charge is -2.06. The summed E-state index contributed by atoms with van der Waals surface area (Å²) < 4.78 is 6.80. The number of hydrogen-bond donors (Lipinski definition) is 0. The molecule has 3 aromatic rings. The van der Waals surface area contributed by atoms with Gasteiger partial charge >= 0.3 is 5.97 Å². The van der Waals surface area contributed by atoms with Crippen LogP contribution in [0.4, 0.5) is 0 Å². The van der Waals surface area contributed by atoms with Gasteiger partial charge in [-0.15, -0.1) is 0 Å². The fourth-order valence-electron chi connectivity index (χ4n) is 2.39. The van der Waals surface area contributed by atoms with Crippen molar-refractivity contribution in [2.24, 2.45) is 0 Å². The maximum absolute atomic E-state index is 11.4. The van der Waals surface area contributed by atoms with E-state index in [2.05, 4.69) is 4.57 Å². The molecule has 1 heterocycles. The van der Waals surface area contributed by atoms with E-state index in [1.807, 2.05) is 42.6 Å². The summed E-state index contributed by atoms with van der Waals surface area (Å²) in [6.45, 7) is 0.703. The van der Waals surface area contributed by atoms with Crippen LogP contribution in [-0.2, 0) is 11.3 Å². The predicted molar refractivity (Wildman–Crippen MR) is 83.8 cm³/mol. The molecule has 0 atom stereocenters. The topological polar surface area (TPSA) is 31.2 Å². The molecule has 0 aliphatic rings. The number of hydrogen-bond acceptors (Lipinski definition) is 2. The summed E-state index contributed by atoms with van der Waals surface area (Å²) >= 11 is 6.25. The number of aromatic nitrogens is 1. The smallest absolute Gasteiger partial charge is 0.337 e. The van der Waals surface area contributed by atoms with Gasteiger partial charge in [-0.2, -0.15) is 0 Å². The molecule has 0 unspecified atom stereocenters. The van der Waals surface area contributed by atoms with Gasteiger partial charge in [0.25, 0.3) is 0 Å². The number of rotatable bonds is 3. The zero-order valence-corrected chi connectivity index (χ0v) is 12.3. The Labute approximate surface area is 127 Å². The highest BCUT2D eigenvalue weighted by atomic mass is 35.5. The Morgan fingerprint density at radius 1 is 1.14 bits per heavy atom. The van der Waals surface area contributed by atoms with Crippen molar-refractivity contribution in [3.8, 4) is 0 Å². The normalized spacial score (nSPS) is 10.8. The van der Waals surface area contributed by atoms with Crippen LogP contribution < -0.4 is 0 Å².